The third kappa shape index (κ3) is 3.53. The molecule has 1 rings (SSSR count). The van der Waals surface area contributed by atoms with Crippen molar-refractivity contribution in [1.82, 2.24) is 4.98 Å². The second kappa shape index (κ2) is 5.49. The van der Waals surface area contributed by atoms with E-state index in [1.54, 1.807) is 0 Å². The molecule has 0 spiro atoms. The number of rotatable bonds is 5. The molecule has 0 fully saturated rings. The molecule has 0 aliphatic carbocycles. The molecule has 0 bridgehead atoms. The van der Waals surface area contributed by atoms with Crippen molar-refractivity contribution in [1.29, 1.82) is 0 Å². The second-order valence-electron chi connectivity index (χ2n) is 4.18. The number of H-pyrrole nitrogens is 1. The third-order valence-corrected chi connectivity index (χ3v) is 2.24. The normalized spacial score (nSPS) is 10.5. The fourth-order valence-electron chi connectivity index (χ4n) is 1.18. The molecular formula is C12H17NO3. The molecule has 0 aliphatic heterocycles. The maximum Gasteiger partial charge on any atom is 0.354 e. The van der Waals surface area contributed by atoms with Crippen molar-refractivity contribution < 1.29 is 14.3 Å². The van der Waals surface area contributed by atoms with Crippen LogP contribution in [0.1, 0.15) is 48.0 Å². The van der Waals surface area contributed by atoms with E-state index < -0.39 is 5.97 Å². The van der Waals surface area contributed by atoms with E-state index in [0.717, 1.165) is 6.42 Å². The van der Waals surface area contributed by atoms with Crippen LogP contribution in [-0.2, 0) is 4.74 Å². The Bertz CT molecular complexity index is 379. The summed E-state index contributed by atoms with van der Waals surface area (Å²) in [7, 11) is 0. The quantitative estimate of drug-likeness (QED) is 0.616. The molecular weight excluding hydrogens is 206 g/mol. The number of ether oxygens (including phenoxy) is 1. The number of carbonyl (C=O) groups excluding carboxylic acids is 2. The van der Waals surface area contributed by atoms with Gasteiger partial charge in [0.15, 0.2) is 5.78 Å². The SMILES string of the molecule is CC(=O)c1c[nH]c(C(=O)OCCC(C)C)c1. The number of carbonyl (C=O) groups is 2. The van der Waals surface area contributed by atoms with E-state index in [4.69, 9.17) is 4.74 Å². The molecule has 0 aromatic carbocycles. The van der Waals surface area contributed by atoms with Crippen molar-refractivity contribution in [3.05, 3.63) is 23.5 Å². The van der Waals surface area contributed by atoms with Crippen molar-refractivity contribution >= 4 is 11.8 Å². The van der Waals surface area contributed by atoms with Crippen LogP contribution in [0.5, 0.6) is 0 Å². The molecule has 1 aromatic heterocycles. The minimum atomic E-state index is -0.409. The molecule has 0 aliphatic rings. The fourth-order valence-corrected chi connectivity index (χ4v) is 1.18. The van der Waals surface area contributed by atoms with Gasteiger partial charge in [0.25, 0.3) is 0 Å². The van der Waals surface area contributed by atoms with Crippen LogP contribution in [0.3, 0.4) is 0 Å². The Labute approximate surface area is 95.0 Å². The molecule has 0 amide bonds. The third-order valence-electron chi connectivity index (χ3n) is 2.24. The summed E-state index contributed by atoms with van der Waals surface area (Å²) in [6.45, 7) is 5.99. The predicted octanol–water partition coefficient (Wildman–Crippen LogP) is 2.42. The Kier molecular flexibility index (Phi) is 4.28. The Hall–Kier alpha value is -1.58. The molecule has 1 heterocycles. The van der Waals surface area contributed by atoms with Gasteiger partial charge in [0.2, 0.25) is 0 Å². The molecule has 16 heavy (non-hydrogen) atoms. The highest BCUT2D eigenvalue weighted by Gasteiger charge is 2.11. The first-order valence-electron chi connectivity index (χ1n) is 5.37. The molecule has 0 atom stereocenters. The largest absolute Gasteiger partial charge is 0.461 e. The van der Waals surface area contributed by atoms with E-state index >= 15 is 0 Å². The van der Waals surface area contributed by atoms with Gasteiger partial charge in [0.1, 0.15) is 5.69 Å². The molecule has 0 saturated heterocycles. The van der Waals surface area contributed by atoms with Crippen LogP contribution in [0.25, 0.3) is 0 Å². The van der Waals surface area contributed by atoms with E-state index in [-0.39, 0.29) is 5.78 Å². The molecule has 1 N–H and O–H groups in total. The highest BCUT2D eigenvalue weighted by Crippen LogP contribution is 2.07. The summed E-state index contributed by atoms with van der Waals surface area (Å²) < 4.78 is 5.05. The Morgan fingerprint density at radius 3 is 2.62 bits per heavy atom. The number of hydrogen-bond donors (Lipinski definition) is 1. The number of aromatic amines is 1. The van der Waals surface area contributed by atoms with Gasteiger partial charge in [-0.1, -0.05) is 13.8 Å². The van der Waals surface area contributed by atoms with Gasteiger partial charge >= 0.3 is 5.97 Å². The molecule has 0 unspecified atom stereocenters. The summed E-state index contributed by atoms with van der Waals surface area (Å²) in [6.07, 6.45) is 2.35. The van der Waals surface area contributed by atoms with Gasteiger partial charge in [-0.2, -0.15) is 0 Å². The molecule has 0 radical (unpaired) electrons. The lowest BCUT2D eigenvalue weighted by Gasteiger charge is -2.05. The second-order valence-corrected chi connectivity index (χ2v) is 4.18. The van der Waals surface area contributed by atoms with Gasteiger partial charge in [-0.25, -0.2) is 4.79 Å². The number of ketones is 1. The molecule has 88 valence electrons. The van der Waals surface area contributed by atoms with Crippen LogP contribution in [0, 0.1) is 5.92 Å². The number of aromatic nitrogens is 1. The van der Waals surface area contributed by atoms with Gasteiger partial charge in [-0.05, 0) is 25.3 Å². The van der Waals surface area contributed by atoms with Crippen molar-refractivity contribution in [3.63, 3.8) is 0 Å². The number of nitrogens with one attached hydrogen (secondary N) is 1. The summed E-state index contributed by atoms with van der Waals surface area (Å²) in [4.78, 5) is 25.2. The number of Topliss-reactive ketones (excluding diaryl/α,β-unsaturated/α-hetero) is 1. The van der Waals surface area contributed by atoms with Crippen LogP contribution in [-0.4, -0.2) is 23.3 Å². The summed E-state index contributed by atoms with van der Waals surface area (Å²) in [5, 5.41) is 0. The van der Waals surface area contributed by atoms with Crippen molar-refractivity contribution in [2.24, 2.45) is 5.92 Å². The highest BCUT2D eigenvalue weighted by molar-refractivity contribution is 5.97. The van der Waals surface area contributed by atoms with Crippen LogP contribution < -0.4 is 0 Å². The molecule has 4 nitrogen and oxygen atoms in total. The predicted molar refractivity (Wildman–Crippen MR) is 60.5 cm³/mol. The topological polar surface area (TPSA) is 59.2 Å². The minimum Gasteiger partial charge on any atom is -0.461 e. The van der Waals surface area contributed by atoms with Crippen LogP contribution in [0.2, 0.25) is 0 Å². The van der Waals surface area contributed by atoms with E-state index in [2.05, 4.69) is 18.8 Å². The van der Waals surface area contributed by atoms with Crippen LogP contribution >= 0.6 is 0 Å². The average Bonchev–Trinajstić information content (AvgIpc) is 2.65. The maximum atomic E-state index is 11.5. The summed E-state index contributed by atoms with van der Waals surface area (Å²) in [6, 6.07) is 1.51. The van der Waals surface area contributed by atoms with Gasteiger partial charge in [0, 0.05) is 11.8 Å². The van der Waals surface area contributed by atoms with Gasteiger partial charge < -0.3 is 9.72 Å². The first-order valence-corrected chi connectivity index (χ1v) is 5.37. The molecule has 1 aromatic rings. The molecule has 0 saturated carbocycles. The fraction of sp³-hybridized carbons (Fsp3) is 0.500. The summed E-state index contributed by atoms with van der Waals surface area (Å²) in [5.74, 6) is 0.0230. The van der Waals surface area contributed by atoms with Crippen molar-refractivity contribution in [3.8, 4) is 0 Å². The highest BCUT2D eigenvalue weighted by atomic mass is 16.5. The Morgan fingerprint density at radius 1 is 1.44 bits per heavy atom. The average molecular weight is 223 g/mol. The summed E-state index contributed by atoms with van der Waals surface area (Å²) >= 11 is 0. The van der Waals surface area contributed by atoms with Gasteiger partial charge in [-0.3, -0.25) is 4.79 Å². The first kappa shape index (κ1) is 12.5. The van der Waals surface area contributed by atoms with E-state index in [0.29, 0.717) is 23.8 Å². The zero-order chi connectivity index (χ0) is 12.1. The Morgan fingerprint density at radius 2 is 2.12 bits per heavy atom. The molecule has 4 heteroatoms. The standard InChI is InChI=1S/C12H17NO3/c1-8(2)4-5-16-12(15)11-6-10(7-13-11)9(3)14/h6-8,13H,4-5H2,1-3H3. The minimum absolute atomic E-state index is 0.0718. The van der Waals surface area contributed by atoms with E-state index in [1.165, 1.54) is 19.2 Å². The zero-order valence-electron chi connectivity index (χ0n) is 9.87. The lowest BCUT2D eigenvalue weighted by atomic mass is 10.1. The van der Waals surface area contributed by atoms with Gasteiger partial charge in [-0.15, -0.1) is 0 Å². The zero-order valence-corrected chi connectivity index (χ0v) is 9.87. The Balaban J connectivity index is 2.50. The lowest BCUT2D eigenvalue weighted by molar-refractivity contribution is 0.0482. The van der Waals surface area contributed by atoms with Crippen LogP contribution in [0.15, 0.2) is 12.3 Å². The van der Waals surface area contributed by atoms with E-state index in [9.17, 15) is 9.59 Å². The van der Waals surface area contributed by atoms with Crippen molar-refractivity contribution in [2.45, 2.75) is 27.2 Å². The van der Waals surface area contributed by atoms with Gasteiger partial charge in [0.05, 0.1) is 6.61 Å². The van der Waals surface area contributed by atoms with Crippen LogP contribution in [0.4, 0.5) is 0 Å². The monoisotopic (exact) mass is 223 g/mol. The maximum absolute atomic E-state index is 11.5. The number of hydrogen-bond acceptors (Lipinski definition) is 3. The first-order chi connectivity index (χ1) is 7.50. The summed E-state index contributed by atoms with van der Waals surface area (Å²) in [5.41, 5.74) is 0.824. The van der Waals surface area contributed by atoms with E-state index in [1.807, 2.05) is 0 Å². The van der Waals surface area contributed by atoms with Crippen molar-refractivity contribution in [2.75, 3.05) is 6.61 Å². The lowest BCUT2D eigenvalue weighted by Crippen LogP contribution is -2.08. The smallest absolute Gasteiger partial charge is 0.354 e. The number of esters is 1.